The highest BCUT2D eigenvalue weighted by Crippen LogP contribution is 2.35. The Labute approximate surface area is 143 Å². The molecular formula is C15H14Cl2N4S. The molecule has 0 fully saturated rings. The van der Waals surface area contributed by atoms with Gasteiger partial charge in [-0.1, -0.05) is 42.3 Å². The summed E-state index contributed by atoms with van der Waals surface area (Å²) in [7, 11) is 0. The van der Waals surface area contributed by atoms with Crippen molar-refractivity contribution in [3.63, 3.8) is 0 Å². The molecule has 114 valence electrons. The number of rotatable bonds is 3. The smallest absolute Gasteiger partial charge is 0.166 e. The zero-order valence-electron chi connectivity index (χ0n) is 12.1. The molecule has 1 unspecified atom stereocenters. The number of hydrogen-bond donors (Lipinski definition) is 1. The fraction of sp³-hybridized carbons (Fsp3) is 0.267. The van der Waals surface area contributed by atoms with E-state index in [9.17, 15) is 0 Å². The Kier molecular flexibility index (Phi) is 4.30. The summed E-state index contributed by atoms with van der Waals surface area (Å²) in [5.41, 5.74) is 2.06. The van der Waals surface area contributed by atoms with Gasteiger partial charge in [-0.15, -0.1) is 0 Å². The number of hydrogen-bond acceptors (Lipinski definition) is 4. The average molecular weight is 353 g/mol. The molecule has 22 heavy (non-hydrogen) atoms. The molecule has 0 aliphatic rings. The van der Waals surface area contributed by atoms with Gasteiger partial charge in [0, 0.05) is 5.56 Å². The van der Waals surface area contributed by atoms with Crippen LogP contribution in [0.25, 0.3) is 22.6 Å². The van der Waals surface area contributed by atoms with Crippen LogP contribution in [0.3, 0.4) is 0 Å². The number of benzene rings is 1. The van der Waals surface area contributed by atoms with Crippen LogP contribution in [-0.4, -0.2) is 19.5 Å². The molecule has 0 aliphatic heterocycles. The molecule has 0 radical (unpaired) electrons. The van der Waals surface area contributed by atoms with E-state index in [-0.39, 0.29) is 5.37 Å². The van der Waals surface area contributed by atoms with Gasteiger partial charge in [0.2, 0.25) is 0 Å². The number of halogens is 2. The van der Waals surface area contributed by atoms with E-state index in [4.69, 9.17) is 23.2 Å². The molecule has 0 spiro atoms. The van der Waals surface area contributed by atoms with Crippen LogP contribution < -0.4 is 0 Å². The number of thiol groups is 1. The Morgan fingerprint density at radius 2 is 1.91 bits per heavy atom. The van der Waals surface area contributed by atoms with Crippen molar-refractivity contribution >= 4 is 47.0 Å². The zero-order chi connectivity index (χ0) is 15.9. The van der Waals surface area contributed by atoms with Crippen LogP contribution in [0.2, 0.25) is 10.2 Å². The molecule has 3 rings (SSSR count). The van der Waals surface area contributed by atoms with Crippen LogP contribution in [0.1, 0.15) is 24.5 Å². The van der Waals surface area contributed by atoms with E-state index in [0.29, 0.717) is 33.0 Å². The van der Waals surface area contributed by atoms with Gasteiger partial charge >= 0.3 is 0 Å². The molecule has 1 atom stereocenters. The lowest BCUT2D eigenvalue weighted by Gasteiger charge is -2.15. The molecule has 2 aromatic heterocycles. The van der Waals surface area contributed by atoms with Crippen LogP contribution in [-0.2, 0) is 0 Å². The first kappa shape index (κ1) is 15.6. The summed E-state index contributed by atoms with van der Waals surface area (Å²) in [6.45, 7) is 3.85. The fourth-order valence-corrected chi connectivity index (χ4v) is 3.03. The van der Waals surface area contributed by atoms with Crippen molar-refractivity contribution in [3.8, 4) is 11.4 Å². The van der Waals surface area contributed by atoms with Crippen LogP contribution in [0, 0.1) is 6.92 Å². The van der Waals surface area contributed by atoms with E-state index in [1.807, 2.05) is 28.8 Å². The summed E-state index contributed by atoms with van der Waals surface area (Å²) in [5, 5.41) is 0.879. The van der Waals surface area contributed by atoms with Crippen molar-refractivity contribution in [1.82, 2.24) is 19.5 Å². The SMILES string of the molecule is CCC(S)n1c(-c2ccccc2Cl)nc2c(Cl)nc(C)nc21. The van der Waals surface area contributed by atoms with Gasteiger partial charge in [0.15, 0.2) is 10.8 Å². The summed E-state index contributed by atoms with van der Waals surface area (Å²) in [6, 6.07) is 7.56. The van der Waals surface area contributed by atoms with Crippen molar-refractivity contribution in [2.24, 2.45) is 0 Å². The van der Waals surface area contributed by atoms with Gasteiger partial charge in [0.1, 0.15) is 17.2 Å². The molecule has 3 aromatic rings. The lowest BCUT2D eigenvalue weighted by atomic mass is 10.2. The van der Waals surface area contributed by atoms with Gasteiger partial charge in [-0.05, 0) is 25.5 Å². The van der Waals surface area contributed by atoms with Crippen LogP contribution in [0.15, 0.2) is 24.3 Å². The molecule has 2 heterocycles. The van der Waals surface area contributed by atoms with Gasteiger partial charge in [-0.25, -0.2) is 15.0 Å². The highest BCUT2D eigenvalue weighted by atomic mass is 35.5. The van der Waals surface area contributed by atoms with Crippen LogP contribution >= 0.6 is 35.8 Å². The topological polar surface area (TPSA) is 43.6 Å². The molecule has 0 saturated carbocycles. The molecule has 7 heteroatoms. The first-order valence-corrected chi connectivity index (χ1v) is 8.15. The molecule has 0 aliphatic carbocycles. The maximum atomic E-state index is 6.33. The summed E-state index contributed by atoms with van der Waals surface area (Å²) in [4.78, 5) is 13.3. The predicted molar refractivity (Wildman–Crippen MR) is 93.8 cm³/mol. The first-order valence-electron chi connectivity index (χ1n) is 6.88. The number of aryl methyl sites for hydroxylation is 1. The second-order valence-corrected chi connectivity index (χ2v) is 6.27. The normalized spacial score (nSPS) is 12.8. The standard InChI is InChI=1S/C15H14Cl2N4S/c1-3-11(22)21-14(9-6-4-5-7-10(9)16)20-12-13(17)18-8(2)19-15(12)21/h4-7,11,22H,3H2,1-2H3. The third-order valence-corrected chi connectivity index (χ3v) is 4.58. The largest absolute Gasteiger partial charge is 0.296 e. The Morgan fingerprint density at radius 1 is 1.18 bits per heavy atom. The van der Waals surface area contributed by atoms with Gasteiger partial charge in [0.05, 0.1) is 10.4 Å². The van der Waals surface area contributed by atoms with E-state index in [2.05, 4.69) is 34.5 Å². The van der Waals surface area contributed by atoms with Gasteiger partial charge in [-0.3, -0.25) is 4.57 Å². The monoisotopic (exact) mass is 352 g/mol. The summed E-state index contributed by atoms with van der Waals surface area (Å²) >= 11 is 17.2. The van der Waals surface area contributed by atoms with Gasteiger partial charge in [0.25, 0.3) is 0 Å². The van der Waals surface area contributed by atoms with Crippen molar-refractivity contribution < 1.29 is 0 Å². The molecule has 0 amide bonds. The first-order chi connectivity index (χ1) is 10.5. The maximum absolute atomic E-state index is 6.33. The van der Waals surface area contributed by atoms with Crippen molar-refractivity contribution in [2.45, 2.75) is 25.6 Å². The minimum atomic E-state index is -0.0818. The van der Waals surface area contributed by atoms with E-state index in [1.165, 1.54) is 0 Å². The fourth-order valence-electron chi connectivity index (χ4n) is 2.34. The van der Waals surface area contributed by atoms with E-state index in [1.54, 1.807) is 6.92 Å². The van der Waals surface area contributed by atoms with E-state index in [0.717, 1.165) is 12.0 Å². The van der Waals surface area contributed by atoms with Crippen molar-refractivity contribution in [3.05, 3.63) is 40.3 Å². The van der Waals surface area contributed by atoms with Crippen LogP contribution in [0.4, 0.5) is 0 Å². The van der Waals surface area contributed by atoms with Crippen molar-refractivity contribution in [1.29, 1.82) is 0 Å². The summed E-state index contributed by atoms with van der Waals surface area (Å²) in [6.07, 6.45) is 0.812. The number of imidazole rings is 1. The quantitative estimate of drug-likeness (QED) is 0.535. The maximum Gasteiger partial charge on any atom is 0.166 e. The lowest BCUT2D eigenvalue weighted by molar-refractivity contribution is 0.680. The lowest BCUT2D eigenvalue weighted by Crippen LogP contribution is -2.05. The summed E-state index contributed by atoms with van der Waals surface area (Å²) < 4.78 is 1.96. The van der Waals surface area contributed by atoms with E-state index < -0.39 is 0 Å². The van der Waals surface area contributed by atoms with Crippen LogP contribution in [0.5, 0.6) is 0 Å². The number of nitrogens with zero attached hydrogens (tertiary/aromatic N) is 4. The second kappa shape index (κ2) is 6.07. The molecule has 1 aromatic carbocycles. The molecule has 0 N–H and O–H groups in total. The predicted octanol–water partition coefficient (Wildman–Crippen LogP) is 4.95. The molecule has 0 saturated heterocycles. The van der Waals surface area contributed by atoms with Gasteiger partial charge < -0.3 is 0 Å². The average Bonchev–Trinajstić information content (AvgIpc) is 2.86. The Bertz CT molecular complexity index is 847. The molecule has 4 nitrogen and oxygen atoms in total. The Hall–Kier alpha value is -1.30. The Morgan fingerprint density at radius 3 is 2.59 bits per heavy atom. The third-order valence-electron chi connectivity index (χ3n) is 3.39. The van der Waals surface area contributed by atoms with Crippen molar-refractivity contribution in [2.75, 3.05) is 0 Å². The van der Waals surface area contributed by atoms with Gasteiger partial charge in [-0.2, -0.15) is 12.6 Å². The molecular weight excluding hydrogens is 339 g/mol. The van der Waals surface area contributed by atoms with E-state index >= 15 is 0 Å². The third kappa shape index (κ3) is 2.57. The Balaban J connectivity index is 2.39. The molecule has 0 bridgehead atoms. The number of aromatic nitrogens is 4. The summed E-state index contributed by atoms with van der Waals surface area (Å²) in [5.74, 6) is 1.30. The zero-order valence-corrected chi connectivity index (χ0v) is 14.5. The highest BCUT2D eigenvalue weighted by Gasteiger charge is 2.21. The number of fused-ring (bicyclic) bond motifs is 1. The second-order valence-electron chi connectivity index (χ2n) is 4.91. The minimum absolute atomic E-state index is 0.0818. The minimum Gasteiger partial charge on any atom is -0.296 e. The highest BCUT2D eigenvalue weighted by molar-refractivity contribution is 7.80.